The molecule has 2 aromatic rings. The molecule has 0 aliphatic carbocycles. The zero-order valence-corrected chi connectivity index (χ0v) is 11.7. The van der Waals surface area contributed by atoms with Crippen molar-refractivity contribution in [3.63, 3.8) is 0 Å². The van der Waals surface area contributed by atoms with E-state index >= 15 is 0 Å². The van der Waals surface area contributed by atoms with E-state index in [2.05, 4.69) is 15.4 Å². The van der Waals surface area contributed by atoms with Crippen molar-refractivity contribution < 1.29 is 4.79 Å². The van der Waals surface area contributed by atoms with Gasteiger partial charge in [0, 0.05) is 11.3 Å². The quantitative estimate of drug-likeness (QED) is 0.909. The van der Waals surface area contributed by atoms with Gasteiger partial charge >= 0.3 is 0 Å². The van der Waals surface area contributed by atoms with E-state index in [9.17, 15) is 4.79 Å². The largest absolute Gasteiger partial charge is 0.328 e. The zero-order valence-electron chi connectivity index (χ0n) is 11.7. The van der Waals surface area contributed by atoms with Crippen molar-refractivity contribution in [3.05, 3.63) is 53.0 Å². The van der Waals surface area contributed by atoms with Crippen LogP contribution in [0.1, 0.15) is 31.0 Å². The van der Waals surface area contributed by atoms with Gasteiger partial charge in [0.25, 0.3) is 0 Å². The van der Waals surface area contributed by atoms with E-state index in [0.717, 1.165) is 16.8 Å². The first-order chi connectivity index (χ1) is 9.58. The highest BCUT2D eigenvalue weighted by Gasteiger charge is 2.31. The number of ketones is 1. The van der Waals surface area contributed by atoms with Gasteiger partial charge < -0.3 is 5.32 Å². The Labute approximate surface area is 117 Å². The van der Waals surface area contributed by atoms with Gasteiger partial charge in [0.2, 0.25) is 5.95 Å². The van der Waals surface area contributed by atoms with Crippen LogP contribution in [0.2, 0.25) is 0 Å². The first-order valence-electron chi connectivity index (χ1n) is 6.52. The van der Waals surface area contributed by atoms with Crippen molar-refractivity contribution in [2.24, 2.45) is 0 Å². The van der Waals surface area contributed by atoms with Gasteiger partial charge in [0.15, 0.2) is 5.78 Å². The van der Waals surface area contributed by atoms with E-state index in [1.807, 2.05) is 38.1 Å². The second-order valence-electron chi connectivity index (χ2n) is 5.06. The first-order valence-corrected chi connectivity index (χ1v) is 6.52. The number of nitrogens with one attached hydrogen (secondary N) is 1. The van der Waals surface area contributed by atoms with Crippen LogP contribution in [0.3, 0.4) is 0 Å². The van der Waals surface area contributed by atoms with E-state index in [-0.39, 0.29) is 11.8 Å². The van der Waals surface area contributed by atoms with Crippen molar-refractivity contribution in [2.75, 3.05) is 5.32 Å². The summed E-state index contributed by atoms with van der Waals surface area (Å²) in [5.41, 5.74) is 3.79. The number of rotatable bonds is 2. The fourth-order valence-corrected chi connectivity index (χ4v) is 2.60. The Morgan fingerprint density at radius 2 is 1.95 bits per heavy atom. The summed E-state index contributed by atoms with van der Waals surface area (Å²) in [7, 11) is 0. The number of hydrogen-bond acceptors (Lipinski definition) is 4. The van der Waals surface area contributed by atoms with Gasteiger partial charge in [-0.1, -0.05) is 29.8 Å². The third kappa shape index (κ3) is 1.91. The maximum Gasteiger partial charge on any atom is 0.226 e. The summed E-state index contributed by atoms with van der Waals surface area (Å²) in [6.45, 7) is 5.53. The van der Waals surface area contributed by atoms with Gasteiger partial charge in [-0.2, -0.15) is 10.1 Å². The van der Waals surface area contributed by atoms with Crippen LogP contribution in [0.15, 0.2) is 41.9 Å². The molecule has 0 spiro atoms. The Hall–Kier alpha value is -2.43. The maximum absolute atomic E-state index is 12.0. The van der Waals surface area contributed by atoms with Crippen molar-refractivity contribution >= 4 is 11.7 Å². The molecule has 1 aliphatic rings. The van der Waals surface area contributed by atoms with E-state index in [0.29, 0.717) is 5.95 Å². The molecule has 5 heteroatoms. The first kappa shape index (κ1) is 12.6. The van der Waals surface area contributed by atoms with Crippen molar-refractivity contribution in [1.29, 1.82) is 0 Å². The molecule has 0 amide bonds. The van der Waals surface area contributed by atoms with Crippen LogP contribution in [0.5, 0.6) is 0 Å². The second-order valence-corrected chi connectivity index (χ2v) is 5.06. The molecular weight excluding hydrogens is 252 g/mol. The van der Waals surface area contributed by atoms with E-state index in [1.54, 1.807) is 11.6 Å². The standard InChI is InChI=1S/C15H16N4O/c1-9-4-6-12(7-5-9)14-13(11(3)20)10(2)18-15-16-8-17-19(14)15/h4-8,14H,1-3H3,(H,16,17,18)/t14-/m0/s1. The van der Waals surface area contributed by atoms with Crippen LogP contribution < -0.4 is 5.32 Å². The summed E-state index contributed by atoms with van der Waals surface area (Å²) < 4.78 is 1.76. The Kier molecular flexibility index (Phi) is 2.89. The smallest absolute Gasteiger partial charge is 0.226 e. The van der Waals surface area contributed by atoms with Gasteiger partial charge in [-0.25, -0.2) is 4.68 Å². The summed E-state index contributed by atoms with van der Waals surface area (Å²) in [6.07, 6.45) is 1.50. The van der Waals surface area contributed by atoms with Crippen LogP contribution in [-0.4, -0.2) is 20.5 Å². The van der Waals surface area contributed by atoms with E-state index in [4.69, 9.17) is 0 Å². The lowest BCUT2D eigenvalue weighted by Gasteiger charge is -2.28. The van der Waals surface area contributed by atoms with Crippen LogP contribution in [-0.2, 0) is 4.79 Å². The highest BCUT2D eigenvalue weighted by molar-refractivity contribution is 5.96. The molecule has 2 heterocycles. The van der Waals surface area contributed by atoms with Crippen molar-refractivity contribution in [1.82, 2.24) is 14.8 Å². The minimum Gasteiger partial charge on any atom is -0.328 e. The highest BCUT2D eigenvalue weighted by Crippen LogP contribution is 2.34. The summed E-state index contributed by atoms with van der Waals surface area (Å²) in [4.78, 5) is 16.2. The highest BCUT2D eigenvalue weighted by atomic mass is 16.1. The van der Waals surface area contributed by atoms with Crippen LogP contribution >= 0.6 is 0 Å². The molecule has 1 atom stereocenters. The minimum atomic E-state index is -0.216. The molecule has 1 aromatic carbocycles. The molecule has 1 aliphatic heterocycles. The average Bonchev–Trinajstić information content (AvgIpc) is 2.85. The maximum atomic E-state index is 12.0. The number of nitrogens with zero attached hydrogens (tertiary/aromatic N) is 3. The molecule has 1 aromatic heterocycles. The summed E-state index contributed by atoms with van der Waals surface area (Å²) in [5, 5.41) is 7.39. The molecule has 0 saturated carbocycles. The number of benzene rings is 1. The Morgan fingerprint density at radius 3 is 2.60 bits per heavy atom. The van der Waals surface area contributed by atoms with E-state index < -0.39 is 0 Å². The zero-order chi connectivity index (χ0) is 14.3. The van der Waals surface area contributed by atoms with Crippen LogP contribution in [0, 0.1) is 6.92 Å². The Morgan fingerprint density at radius 1 is 1.25 bits per heavy atom. The van der Waals surface area contributed by atoms with Gasteiger partial charge in [-0.15, -0.1) is 0 Å². The fourth-order valence-electron chi connectivity index (χ4n) is 2.60. The van der Waals surface area contributed by atoms with Crippen LogP contribution in [0.4, 0.5) is 5.95 Å². The van der Waals surface area contributed by atoms with E-state index in [1.165, 1.54) is 11.9 Å². The van der Waals surface area contributed by atoms with Crippen molar-refractivity contribution in [2.45, 2.75) is 26.8 Å². The third-order valence-corrected chi connectivity index (χ3v) is 3.57. The molecule has 0 saturated heterocycles. The Bertz CT molecular complexity index is 697. The second kappa shape index (κ2) is 4.59. The number of aryl methyl sites for hydroxylation is 1. The summed E-state index contributed by atoms with van der Waals surface area (Å²) in [6, 6.07) is 7.94. The predicted molar refractivity (Wildman–Crippen MR) is 76.3 cm³/mol. The number of hydrogen-bond donors (Lipinski definition) is 1. The summed E-state index contributed by atoms with van der Waals surface area (Å²) >= 11 is 0. The molecule has 3 rings (SSSR count). The minimum absolute atomic E-state index is 0.0433. The lowest BCUT2D eigenvalue weighted by Crippen LogP contribution is -2.27. The monoisotopic (exact) mass is 268 g/mol. The number of allylic oxidation sites excluding steroid dienone is 2. The third-order valence-electron chi connectivity index (χ3n) is 3.57. The molecule has 0 fully saturated rings. The topological polar surface area (TPSA) is 59.8 Å². The van der Waals surface area contributed by atoms with Gasteiger partial charge in [-0.05, 0) is 26.3 Å². The molecule has 5 nitrogen and oxygen atoms in total. The lowest BCUT2D eigenvalue weighted by atomic mass is 9.93. The number of Topliss-reactive ketones (excluding diaryl/α,β-unsaturated/α-hetero) is 1. The number of fused-ring (bicyclic) bond motifs is 1. The Balaban J connectivity index is 2.19. The number of carbonyl (C=O) groups is 1. The fraction of sp³-hybridized carbons (Fsp3) is 0.267. The molecule has 0 radical (unpaired) electrons. The van der Waals surface area contributed by atoms with Crippen LogP contribution in [0.25, 0.3) is 0 Å². The average molecular weight is 268 g/mol. The lowest BCUT2D eigenvalue weighted by molar-refractivity contribution is -0.114. The van der Waals surface area contributed by atoms with Gasteiger partial charge in [0.05, 0.1) is 0 Å². The normalized spacial score (nSPS) is 17.6. The molecular formula is C15H16N4O. The molecule has 20 heavy (non-hydrogen) atoms. The van der Waals surface area contributed by atoms with Crippen molar-refractivity contribution in [3.8, 4) is 0 Å². The number of aromatic nitrogens is 3. The number of anilines is 1. The molecule has 0 unspecified atom stereocenters. The molecule has 0 bridgehead atoms. The van der Waals surface area contributed by atoms with Gasteiger partial charge in [0.1, 0.15) is 12.4 Å². The molecule has 102 valence electrons. The SMILES string of the molecule is CC(=O)C1=C(C)Nc2ncnn2[C@H]1c1ccc(C)cc1. The number of carbonyl (C=O) groups excluding carboxylic acids is 1. The van der Waals surface area contributed by atoms with Gasteiger partial charge in [-0.3, -0.25) is 4.79 Å². The summed E-state index contributed by atoms with van der Waals surface area (Å²) in [5.74, 6) is 0.708. The predicted octanol–water partition coefficient (Wildman–Crippen LogP) is 2.46. The molecule has 1 N–H and O–H groups in total.